The lowest BCUT2D eigenvalue weighted by atomic mass is 9.92. The molecule has 33 heavy (non-hydrogen) atoms. The third-order valence-electron chi connectivity index (χ3n) is 5.08. The fourth-order valence-electron chi connectivity index (χ4n) is 3.27. The molecule has 168 valence electrons. The fraction of sp³-hybridized carbons (Fsp3) is 0.240. The van der Waals surface area contributed by atoms with Crippen molar-refractivity contribution in [1.29, 1.82) is 0 Å². The Kier molecular flexibility index (Phi) is 6.17. The summed E-state index contributed by atoms with van der Waals surface area (Å²) in [5, 5.41) is 10.1. The standard InChI is InChI=1S/C25H27N7O/c1-25(2,3)22-10-9-20(14-26-22)30-23(33)11-17-5-7-18(8-6-17)19-12-27-24(28-13-19)31-21-15-29-32(4)16-21/h5-10,12-16H,11H2,1-4H3,(H,30,33)(H,27,28,31). The number of carbonyl (C=O) groups excluding carboxylic acids is 1. The van der Waals surface area contributed by atoms with Crippen LogP contribution >= 0.6 is 0 Å². The van der Waals surface area contributed by atoms with E-state index in [9.17, 15) is 4.79 Å². The molecule has 0 unspecified atom stereocenters. The molecule has 0 saturated carbocycles. The first-order chi connectivity index (χ1) is 15.8. The van der Waals surface area contributed by atoms with E-state index in [0.717, 1.165) is 28.1 Å². The molecule has 0 spiro atoms. The Balaban J connectivity index is 1.34. The first kappa shape index (κ1) is 22.1. The molecular formula is C25H27N7O. The van der Waals surface area contributed by atoms with Gasteiger partial charge in [-0.05, 0) is 23.3 Å². The molecule has 0 aliphatic carbocycles. The average Bonchev–Trinajstić information content (AvgIpc) is 3.19. The van der Waals surface area contributed by atoms with Crippen molar-refractivity contribution in [3.63, 3.8) is 0 Å². The second kappa shape index (κ2) is 9.20. The van der Waals surface area contributed by atoms with Crippen LogP contribution in [0, 0.1) is 0 Å². The molecule has 8 nitrogen and oxygen atoms in total. The van der Waals surface area contributed by atoms with Gasteiger partial charge in [0.25, 0.3) is 0 Å². The van der Waals surface area contributed by atoms with Crippen molar-refractivity contribution < 1.29 is 4.79 Å². The van der Waals surface area contributed by atoms with Crippen LogP contribution in [0.15, 0.2) is 67.4 Å². The first-order valence-corrected chi connectivity index (χ1v) is 10.7. The van der Waals surface area contributed by atoms with Crippen LogP contribution in [0.4, 0.5) is 17.3 Å². The zero-order chi connectivity index (χ0) is 23.4. The smallest absolute Gasteiger partial charge is 0.228 e. The number of rotatable bonds is 6. The lowest BCUT2D eigenvalue weighted by Crippen LogP contribution is -2.16. The third-order valence-corrected chi connectivity index (χ3v) is 5.08. The van der Waals surface area contributed by atoms with Crippen LogP contribution in [-0.4, -0.2) is 30.6 Å². The van der Waals surface area contributed by atoms with Crippen LogP contribution in [0.25, 0.3) is 11.1 Å². The minimum Gasteiger partial charge on any atom is -0.324 e. The molecule has 4 aromatic rings. The van der Waals surface area contributed by atoms with Gasteiger partial charge in [0.05, 0.1) is 30.2 Å². The van der Waals surface area contributed by atoms with Crippen LogP contribution in [0.1, 0.15) is 32.0 Å². The summed E-state index contributed by atoms with van der Waals surface area (Å²) in [7, 11) is 1.85. The highest BCUT2D eigenvalue weighted by molar-refractivity contribution is 5.92. The summed E-state index contributed by atoms with van der Waals surface area (Å²) in [6.07, 6.45) is 9.08. The Bertz CT molecular complexity index is 1220. The number of aryl methyl sites for hydroxylation is 1. The van der Waals surface area contributed by atoms with Gasteiger partial charge in [0.15, 0.2) is 0 Å². The van der Waals surface area contributed by atoms with Crippen LogP contribution in [0.5, 0.6) is 0 Å². The molecule has 0 saturated heterocycles. The van der Waals surface area contributed by atoms with Gasteiger partial charge in [0.2, 0.25) is 11.9 Å². The van der Waals surface area contributed by atoms with E-state index in [0.29, 0.717) is 11.6 Å². The van der Waals surface area contributed by atoms with Gasteiger partial charge in [-0.25, -0.2) is 9.97 Å². The van der Waals surface area contributed by atoms with Gasteiger partial charge in [-0.15, -0.1) is 0 Å². The summed E-state index contributed by atoms with van der Waals surface area (Å²) in [4.78, 5) is 25.6. The Morgan fingerprint density at radius 3 is 2.18 bits per heavy atom. The lowest BCUT2D eigenvalue weighted by molar-refractivity contribution is -0.115. The number of pyridine rings is 1. The van der Waals surface area contributed by atoms with Gasteiger partial charge in [-0.2, -0.15) is 5.10 Å². The number of benzene rings is 1. The summed E-state index contributed by atoms with van der Waals surface area (Å²) in [5.74, 6) is 0.423. The Hall–Kier alpha value is -4.07. The number of carbonyl (C=O) groups is 1. The van der Waals surface area contributed by atoms with Gasteiger partial charge in [-0.1, -0.05) is 45.0 Å². The van der Waals surface area contributed by atoms with E-state index in [4.69, 9.17) is 0 Å². The summed E-state index contributed by atoms with van der Waals surface area (Å²) in [6, 6.07) is 11.7. The number of nitrogens with zero attached hydrogens (tertiary/aromatic N) is 5. The van der Waals surface area contributed by atoms with Gasteiger partial charge in [0, 0.05) is 42.3 Å². The van der Waals surface area contributed by atoms with E-state index in [1.165, 1.54) is 0 Å². The second-order valence-electron chi connectivity index (χ2n) is 8.93. The highest BCUT2D eigenvalue weighted by Gasteiger charge is 2.15. The molecule has 0 aliphatic heterocycles. The lowest BCUT2D eigenvalue weighted by Gasteiger charge is -2.17. The van der Waals surface area contributed by atoms with E-state index < -0.39 is 0 Å². The molecule has 2 N–H and O–H groups in total. The zero-order valence-corrected chi connectivity index (χ0v) is 19.2. The van der Waals surface area contributed by atoms with Gasteiger partial charge in [-0.3, -0.25) is 14.5 Å². The fourth-order valence-corrected chi connectivity index (χ4v) is 3.27. The van der Waals surface area contributed by atoms with Gasteiger partial charge in [0.1, 0.15) is 0 Å². The normalized spacial score (nSPS) is 11.3. The largest absolute Gasteiger partial charge is 0.324 e. The number of hydrogen-bond acceptors (Lipinski definition) is 6. The predicted octanol–water partition coefficient (Wildman–Crippen LogP) is 4.49. The summed E-state index contributed by atoms with van der Waals surface area (Å²) in [5.41, 5.74) is 5.29. The summed E-state index contributed by atoms with van der Waals surface area (Å²) < 4.78 is 1.71. The maximum atomic E-state index is 12.4. The third kappa shape index (κ3) is 5.79. The summed E-state index contributed by atoms with van der Waals surface area (Å²) in [6.45, 7) is 6.32. The highest BCUT2D eigenvalue weighted by Crippen LogP contribution is 2.22. The van der Waals surface area contributed by atoms with Crippen molar-refractivity contribution in [2.75, 3.05) is 10.6 Å². The molecule has 0 fully saturated rings. The highest BCUT2D eigenvalue weighted by atomic mass is 16.1. The van der Waals surface area contributed by atoms with E-state index in [1.54, 1.807) is 29.5 Å². The molecule has 0 aliphatic rings. The number of anilines is 3. The minimum atomic E-state index is -0.0813. The van der Waals surface area contributed by atoms with E-state index >= 15 is 0 Å². The molecule has 4 rings (SSSR count). The zero-order valence-electron chi connectivity index (χ0n) is 19.2. The minimum absolute atomic E-state index is 0.0223. The predicted molar refractivity (Wildman–Crippen MR) is 129 cm³/mol. The Morgan fingerprint density at radius 1 is 0.879 bits per heavy atom. The van der Waals surface area contributed by atoms with Crippen molar-refractivity contribution in [3.8, 4) is 11.1 Å². The van der Waals surface area contributed by atoms with Crippen molar-refractivity contribution in [2.45, 2.75) is 32.6 Å². The van der Waals surface area contributed by atoms with Crippen LogP contribution in [-0.2, 0) is 23.7 Å². The van der Waals surface area contributed by atoms with Gasteiger partial charge >= 0.3 is 0 Å². The number of amides is 1. The second-order valence-corrected chi connectivity index (χ2v) is 8.93. The Morgan fingerprint density at radius 2 is 1.61 bits per heavy atom. The van der Waals surface area contributed by atoms with E-state index in [-0.39, 0.29) is 17.7 Å². The van der Waals surface area contributed by atoms with Crippen LogP contribution in [0.2, 0.25) is 0 Å². The monoisotopic (exact) mass is 441 g/mol. The maximum Gasteiger partial charge on any atom is 0.228 e. The van der Waals surface area contributed by atoms with Crippen molar-refractivity contribution in [2.24, 2.45) is 7.05 Å². The molecule has 8 heteroatoms. The van der Waals surface area contributed by atoms with E-state index in [1.807, 2.05) is 49.6 Å². The SMILES string of the molecule is Cn1cc(Nc2ncc(-c3ccc(CC(=O)Nc4ccc(C(C)(C)C)nc4)cc3)cn2)cn1. The van der Waals surface area contributed by atoms with Crippen molar-refractivity contribution in [1.82, 2.24) is 24.7 Å². The number of nitrogens with one attached hydrogen (secondary N) is 2. The van der Waals surface area contributed by atoms with Crippen molar-refractivity contribution in [3.05, 3.63) is 78.6 Å². The molecular weight excluding hydrogens is 414 g/mol. The number of aromatic nitrogens is 5. The summed E-state index contributed by atoms with van der Waals surface area (Å²) >= 11 is 0. The topological polar surface area (TPSA) is 97.6 Å². The molecule has 3 heterocycles. The van der Waals surface area contributed by atoms with Crippen LogP contribution in [0.3, 0.4) is 0 Å². The molecule has 1 amide bonds. The number of hydrogen-bond donors (Lipinski definition) is 2. The molecule has 1 aromatic carbocycles. The molecule has 0 atom stereocenters. The van der Waals surface area contributed by atoms with Gasteiger partial charge < -0.3 is 10.6 Å². The van der Waals surface area contributed by atoms with Crippen molar-refractivity contribution >= 4 is 23.2 Å². The molecule has 0 radical (unpaired) electrons. The van der Waals surface area contributed by atoms with E-state index in [2.05, 4.69) is 51.5 Å². The molecule has 3 aromatic heterocycles. The van der Waals surface area contributed by atoms with Crippen LogP contribution < -0.4 is 10.6 Å². The quantitative estimate of drug-likeness (QED) is 0.457. The Labute approximate surface area is 193 Å². The maximum absolute atomic E-state index is 12.4. The molecule has 0 bridgehead atoms. The average molecular weight is 442 g/mol. The first-order valence-electron chi connectivity index (χ1n) is 10.7.